The van der Waals surface area contributed by atoms with E-state index in [1.807, 2.05) is 30.3 Å². The standard InChI is InChI=1S/C30H26O4/c1-32-25-18-19-29(33-2)27(21-25)30(31)34-28-17-8-6-4-3-5-7-13-24(28)20-23-15-11-14-22-12-9-10-16-26(22)23/h9-12,14-16,18-21,28H,3-6H2,1-2H3/b24-20+. The van der Waals surface area contributed by atoms with E-state index in [4.69, 9.17) is 14.2 Å². The Hall–Kier alpha value is -4.15. The van der Waals surface area contributed by atoms with Crippen molar-refractivity contribution in [2.45, 2.75) is 31.8 Å². The van der Waals surface area contributed by atoms with E-state index in [0.29, 0.717) is 17.1 Å². The molecule has 4 heteroatoms. The number of hydrogen-bond acceptors (Lipinski definition) is 4. The van der Waals surface area contributed by atoms with Gasteiger partial charge in [-0.3, -0.25) is 0 Å². The smallest absolute Gasteiger partial charge is 0.343 e. The summed E-state index contributed by atoms with van der Waals surface area (Å²) in [6, 6.07) is 19.3. The van der Waals surface area contributed by atoms with Gasteiger partial charge in [-0.15, -0.1) is 0 Å². The number of carbonyl (C=O) groups is 1. The maximum atomic E-state index is 13.2. The van der Waals surface area contributed by atoms with Crippen molar-refractivity contribution in [3.8, 4) is 35.2 Å². The molecule has 4 rings (SSSR count). The lowest BCUT2D eigenvalue weighted by atomic mass is 9.99. The van der Waals surface area contributed by atoms with E-state index in [-0.39, 0.29) is 5.56 Å². The van der Waals surface area contributed by atoms with E-state index in [2.05, 4.69) is 41.9 Å². The molecule has 3 aromatic rings. The van der Waals surface area contributed by atoms with Crippen LogP contribution in [0.2, 0.25) is 0 Å². The zero-order valence-electron chi connectivity index (χ0n) is 19.4. The van der Waals surface area contributed by atoms with Crippen LogP contribution in [-0.4, -0.2) is 26.3 Å². The Kier molecular flexibility index (Phi) is 7.53. The molecule has 0 spiro atoms. The van der Waals surface area contributed by atoms with E-state index >= 15 is 0 Å². The Labute approximate surface area is 200 Å². The van der Waals surface area contributed by atoms with Gasteiger partial charge in [-0.1, -0.05) is 66.1 Å². The monoisotopic (exact) mass is 450 g/mol. The second-order valence-corrected chi connectivity index (χ2v) is 7.85. The van der Waals surface area contributed by atoms with E-state index in [1.165, 1.54) is 7.11 Å². The predicted molar refractivity (Wildman–Crippen MR) is 135 cm³/mol. The van der Waals surface area contributed by atoms with Gasteiger partial charge in [0.1, 0.15) is 17.1 Å². The number of rotatable bonds is 5. The lowest BCUT2D eigenvalue weighted by Crippen LogP contribution is -2.19. The van der Waals surface area contributed by atoms with Crippen molar-refractivity contribution in [2.24, 2.45) is 0 Å². The molecule has 0 saturated carbocycles. The quantitative estimate of drug-likeness (QED) is 0.351. The van der Waals surface area contributed by atoms with Crippen LogP contribution in [-0.2, 0) is 4.74 Å². The molecule has 4 nitrogen and oxygen atoms in total. The van der Waals surface area contributed by atoms with Crippen LogP contribution in [0.5, 0.6) is 11.5 Å². The molecule has 1 aliphatic carbocycles. The maximum absolute atomic E-state index is 13.2. The lowest BCUT2D eigenvalue weighted by molar-refractivity contribution is 0.0463. The molecular formula is C30H26O4. The minimum atomic E-state index is -0.798. The third-order valence-corrected chi connectivity index (χ3v) is 5.59. The minimum absolute atomic E-state index is 0.276. The van der Waals surface area contributed by atoms with Crippen molar-refractivity contribution in [1.29, 1.82) is 0 Å². The average Bonchev–Trinajstić information content (AvgIpc) is 2.88. The Morgan fingerprint density at radius 3 is 2.56 bits per heavy atom. The molecular weight excluding hydrogens is 424 g/mol. The molecule has 0 saturated heterocycles. The third kappa shape index (κ3) is 5.42. The van der Waals surface area contributed by atoms with Gasteiger partial charge in [0.2, 0.25) is 0 Å². The number of methoxy groups -OCH3 is 2. The molecule has 3 aromatic carbocycles. The van der Waals surface area contributed by atoms with Crippen molar-refractivity contribution in [1.82, 2.24) is 0 Å². The van der Waals surface area contributed by atoms with Gasteiger partial charge in [0.15, 0.2) is 6.10 Å². The zero-order chi connectivity index (χ0) is 23.8. The molecule has 0 bridgehead atoms. The fraction of sp³-hybridized carbons (Fsp3) is 0.233. The molecule has 0 fully saturated rings. The molecule has 0 N–H and O–H groups in total. The molecule has 34 heavy (non-hydrogen) atoms. The van der Waals surface area contributed by atoms with E-state index in [0.717, 1.165) is 42.0 Å². The SMILES string of the molecule is COc1ccc(OC)c(C(=O)OC2C#CCCCCC#C/C2=C\c2cccc3ccccc23)c1. The third-order valence-electron chi connectivity index (χ3n) is 5.59. The Morgan fingerprint density at radius 2 is 1.74 bits per heavy atom. The van der Waals surface area contributed by atoms with Crippen LogP contribution < -0.4 is 9.47 Å². The second kappa shape index (κ2) is 11.1. The summed E-state index contributed by atoms with van der Waals surface area (Å²) >= 11 is 0. The Morgan fingerprint density at radius 1 is 0.941 bits per heavy atom. The number of esters is 1. The summed E-state index contributed by atoms with van der Waals surface area (Å²) in [4.78, 5) is 13.2. The molecule has 0 amide bonds. The van der Waals surface area contributed by atoms with Crippen LogP contribution in [0, 0.1) is 23.7 Å². The normalized spacial score (nSPS) is 16.5. The topological polar surface area (TPSA) is 44.8 Å². The maximum Gasteiger partial charge on any atom is 0.343 e. The molecule has 1 atom stereocenters. The highest BCUT2D eigenvalue weighted by Crippen LogP contribution is 2.27. The van der Waals surface area contributed by atoms with Gasteiger partial charge in [-0.25, -0.2) is 4.79 Å². The van der Waals surface area contributed by atoms with Gasteiger partial charge < -0.3 is 14.2 Å². The molecule has 1 aliphatic rings. The van der Waals surface area contributed by atoms with E-state index in [1.54, 1.807) is 25.3 Å². The van der Waals surface area contributed by atoms with Crippen LogP contribution in [0.15, 0.2) is 66.2 Å². The van der Waals surface area contributed by atoms with Crippen LogP contribution in [0.4, 0.5) is 0 Å². The fourth-order valence-electron chi connectivity index (χ4n) is 3.79. The second-order valence-electron chi connectivity index (χ2n) is 7.85. The lowest BCUT2D eigenvalue weighted by Gasteiger charge is -2.16. The van der Waals surface area contributed by atoms with Gasteiger partial charge >= 0.3 is 5.97 Å². The summed E-state index contributed by atoms with van der Waals surface area (Å²) in [5.74, 6) is 13.2. The van der Waals surface area contributed by atoms with Crippen molar-refractivity contribution in [2.75, 3.05) is 14.2 Å². The van der Waals surface area contributed by atoms with Gasteiger partial charge in [0, 0.05) is 12.8 Å². The van der Waals surface area contributed by atoms with Crippen LogP contribution >= 0.6 is 0 Å². The van der Waals surface area contributed by atoms with Gasteiger partial charge in [0.25, 0.3) is 0 Å². The Bertz CT molecular complexity index is 1340. The average molecular weight is 451 g/mol. The van der Waals surface area contributed by atoms with Crippen molar-refractivity contribution in [3.05, 3.63) is 77.4 Å². The highest BCUT2D eigenvalue weighted by atomic mass is 16.5. The van der Waals surface area contributed by atoms with Gasteiger partial charge in [-0.05, 0) is 53.5 Å². The summed E-state index contributed by atoms with van der Waals surface area (Å²) in [7, 11) is 3.06. The zero-order valence-corrected chi connectivity index (χ0v) is 19.4. The first-order chi connectivity index (χ1) is 16.7. The Balaban J connectivity index is 1.75. The van der Waals surface area contributed by atoms with E-state index in [9.17, 15) is 4.79 Å². The first kappa shape index (κ1) is 23.0. The molecule has 1 unspecified atom stereocenters. The number of fused-ring (bicyclic) bond motifs is 1. The highest BCUT2D eigenvalue weighted by molar-refractivity contribution is 5.94. The summed E-state index contributed by atoms with van der Waals surface area (Å²) in [5.41, 5.74) is 1.93. The molecule has 0 aliphatic heterocycles. The molecule has 0 heterocycles. The highest BCUT2D eigenvalue weighted by Gasteiger charge is 2.22. The van der Waals surface area contributed by atoms with Crippen LogP contribution in [0.1, 0.15) is 41.6 Å². The number of hydrogen-bond donors (Lipinski definition) is 0. The number of benzene rings is 3. The first-order valence-corrected chi connectivity index (χ1v) is 11.3. The first-order valence-electron chi connectivity index (χ1n) is 11.3. The summed E-state index contributed by atoms with van der Waals surface area (Å²) in [6.45, 7) is 0. The van der Waals surface area contributed by atoms with Crippen LogP contribution in [0.25, 0.3) is 16.8 Å². The number of carbonyl (C=O) groups excluding carboxylic acids is 1. The largest absolute Gasteiger partial charge is 0.497 e. The number of ether oxygens (including phenoxy) is 3. The molecule has 0 aromatic heterocycles. The van der Waals surface area contributed by atoms with Gasteiger partial charge in [-0.2, -0.15) is 0 Å². The van der Waals surface area contributed by atoms with Gasteiger partial charge in [0.05, 0.1) is 19.8 Å². The summed E-state index contributed by atoms with van der Waals surface area (Å²) < 4.78 is 16.6. The fourth-order valence-corrected chi connectivity index (χ4v) is 3.79. The van der Waals surface area contributed by atoms with Crippen molar-refractivity contribution < 1.29 is 19.0 Å². The molecule has 0 radical (unpaired) electrons. The summed E-state index contributed by atoms with van der Waals surface area (Å²) in [6.07, 6.45) is 4.65. The summed E-state index contributed by atoms with van der Waals surface area (Å²) in [5, 5.41) is 2.23. The molecule has 170 valence electrons. The predicted octanol–water partition coefficient (Wildman–Crippen LogP) is 6.05. The van der Waals surface area contributed by atoms with Crippen molar-refractivity contribution in [3.63, 3.8) is 0 Å². The minimum Gasteiger partial charge on any atom is -0.497 e. The van der Waals surface area contributed by atoms with Crippen LogP contribution in [0.3, 0.4) is 0 Å². The van der Waals surface area contributed by atoms with Crippen molar-refractivity contribution >= 4 is 22.8 Å². The van der Waals surface area contributed by atoms with E-state index < -0.39 is 12.1 Å².